The van der Waals surface area contributed by atoms with Crippen molar-refractivity contribution < 1.29 is 84.6 Å². The summed E-state index contributed by atoms with van der Waals surface area (Å²) in [5.41, 5.74) is 16.9. The third kappa shape index (κ3) is 14.8. The lowest BCUT2D eigenvalue weighted by Crippen LogP contribution is -2.36. The summed E-state index contributed by atoms with van der Waals surface area (Å²) in [5.74, 6) is -0.215. The Bertz CT molecular complexity index is 2580. The van der Waals surface area contributed by atoms with Gasteiger partial charge in [0.15, 0.2) is 12.5 Å². The topological polar surface area (TPSA) is 479 Å². The highest BCUT2D eigenvalue weighted by Gasteiger charge is 2.46. The minimum atomic E-state index is -4.74. The summed E-state index contributed by atoms with van der Waals surface area (Å²) in [5, 5.41) is 80.1. The van der Waals surface area contributed by atoms with Crippen LogP contribution < -0.4 is 33.7 Å². The van der Waals surface area contributed by atoms with Gasteiger partial charge in [0.1, 0.15) is 61.1 Å². The molecule has 370 valence electrons. The molecule has 4 aromatic rings. The third-order valence-corrected chi connectivity index (χ3v) is 11.1. The minimum Gasteiger partial charge on any atom is -0.506 e. The Morgan fingerprint density at radius 3 is 1.57 bits per heavy atom. The fourth-order valence-electron chi connectivity index (χ4n) is 6.07. The molecule has 0 saturated carbocycles. The number of rotatable bonds is 14. The number of phosphoric ester groups is 1. The van der Waals surface area contributed by atoms with Crippen molar-refractivity contribution in [1.29, 1.82) is 0 Å². The van der Waals surface area contributed by atoms with Gasteiger partial charge in [0.25, 0.3) is 0 Å². The smallest absolute Gasteiger partial charge is 0.469 e. The number of nitrogens with one attached hydrogen (secondary N) is 1. The van der Waals surface area contributed by atoms with Crippen molar-refractivity contribution in [1.82, 2.24) is 34.2 Å². The zero-order chi connectivity index (χ0) is 51.3. The Labute approximate surface area is 380 Å². The maximum atomic E-state index is 12.4. The van der Waals surface area contributed by atoms with E-state index in [-0.39, 0.29) is 59.7 Å². The second-order valence-corrected chi connectivity index (χ2v) is 16.9. The van der Waals surface area contributed by atoms with E-state index < -0.39 is 95.8 Å². The highest BCUT2D eigenvalue weighted by molar-refractivity contribution is 7.50. The van der Waals surface area contributed by atoms with E-state index in [1.165, 1.54) is 50.2 Å². The van der Waals surface area contributed by atoms with Crippen LogP contribution in [0.2, 0.25) is 0 Å². The number of nitrogen functional groups attached to an aromatic ring is 2. The van der Waals surface area contributed by atoms with E-state index in [4.69, 9.17) is 47.5 Å². The van der Waals surface area contributed by atoms with Crippen molar-refractivity contribution in [2.45, 2.75) is 89.2 Å². The number of nitrogens with two attached hydrogens (primary N) is 3. The predicted molar refractivity (Wildman–Crippen MR) is 229 cm³/mol. The lowest BCUT2D eigenvalue weighted by atomic mass is 10.1. The number of aliphatic hydroxyl groups is 6. The van der Waals surface area contributed by atoms with Gasteiger partial charge in [-0.15, -0.1) is 12.8 Å². The SMILES string of the molecule is Cc1ncc(CO)c(CN)c1O.Cc1ncc(CO)c(CNP(=O)(O)OCC2OC(n3ccc(N)nc3=O)C(O)C2O)c1O.Nc1ccn(C2OC(COP(=O)(O)O)C(O)C2O)c(=O)n1.[2H]C#C. The van der Waals surface area contributed by atoms with Gasteiger partial charge in [0.05, 0.1) is 37.8 Å². The van der Waals surface area contributed by atoms with Gasteiger partial charge in [-0.3, -0.25) is 28.1 Å². The second-order valence-electron chi connectivity index (χ2n) is 14.0. The summed E-state index contributed by atoms with van der Waals surface area (Å²) in [4.78, 5) is 65.6. The fraction of sp³-hybridized carbons (Fsp3) is 0.444. The van der Waals surface area contributed by atoms with Crippen LogP contribution in [0.1, 0.15) is 47.5 Å². The fourth-order valence-corrected chi connectivity index (χ4v) is 7.21. The third-order valence-electron chi connectivity index (χ3n) is 9.61. The number of aromatic hydroxyl groups is 2. The van der Waals surface area contributed by atoms with Crippen LogP contribution in [0.25, 0.3) is 0 Å². The van der Waals surface area contributed by atoms with Crippen molar-refractivity contribution in [3.63, 3.8) is 0 Å². The molecule has 6 heterocycles. The molecule has 18 N–H and O–H groups in total. The van der Waals surface area contributed by atoms with Crippen molar-refractivity contribution in [2.24, 2.45) is 5.73 Å². The molecule has 0 amide bonds. The van der Waals surface area contributed by atoms with E-state index in [9.17, 15) is 59.4 Å². The van der Waals surface area contributed by atoms with Crippen molar-refractivity contribution in [3.05, 3.63) is 91.5 Å². The molecular weight excluding hydrogens is 938 g/mol. The van der Waals surface area contributed by atoms with E-state index in [0.29, 0.717) is 16.8 Å². The molecule has 4 aromatic heterocycles. The maximum absolute atomic E-state index is 12.4. The van der Waals surface area contributed by atoms with Gasteiger partial charge < -0.3 is 82.2 Å². The Hall–Kier alpha value is -5.32. The van der Waals surface area contributed by atoms with Crippen LogP contribution in [0, 0.1) is 26.7 Å². The molecule has 2 saturated heterocycles. The molecule has 0 bridgehead atoms. The van der Waals surface area contributed by atoms with Crippen molar-refractivity contribution in [2.75, 3.05) is 24.7 Å². The van der Waals surface area contributed by atoms with Crippen LogP contribution >= 0.6 is 15.6 Å². The molecule has 0 spiro atoms. The predicted octanol–water partition coefficient (Wildman–Crippen LogP) is -3.90. The van der Waals surface area contributed by atoms with Gasteiger partial charge in [0.2, 0.25) is 0 Å². The average Bonchev–Trinajstić information content (AvgIpc) is 3.72. The Balaban J connectivity index is 0.000000290. The van der Waals surface area contributed by atoms with Crippen LogP contribution in [0.15, 0.2) is 46.5 Å². The number of aromatic nitrogens is 6. The van der Waals surface area contributed by atoms with Crippen LogP contribution in [-0.4, -0.2) is 134 Å². The maximum Gasteiger partial charge on any atom is 0.469 e. The monoisotopic (exact) mass is 991 g/mol. The Morgan fingerprint density at radius 2 is 1.18 bits per heavy atom. The number of nitrogens with zero attached hydrogens (tertiary/aromatic N) is 6. The second kappa shape index (κ2) is 24.6. The summed E-state index contributed by atoms with van der Waals surface area (Å²) < 4.78 is 50.3. The Morgan fingerprint density at radius 1 is 0.776 bits per heavy atom. The normalized spacial score (nSPS) is 23.2. The zero-order valence-electron chi connectivity index (χ0n) is 36.4. The first kappa shape index (κ1) is 54.3. The molecule has 9 atom stereocenters. The largest absolute Gasteiger partial charge is 0.506 e. The summed E-state index contributed by atoms with van der Waals surface area (Å²) in [6, 6.07) is 2.60. The molecule has 31 heteroatoms. The Kier molecular flexibility index (Phi) is 20.0. The number of ether oxygens (including phenoxy) is 2. The molecule has 2 aliphatic rings. The number of aryl methyl sites for hydroxylation is 2. The lowest BCUT2D eigenvalue weighted by molar-refractivity contribution is -0.0542. The van der Waals surface area contributed by atoms with E-state index in [2.05, 4.69) is 36.0 Å². The first-order valence-corrected chi connectivity index (χ1v) is 22.2. The molecule has 0 aliphatic carbocycles. The number of hydrogen-bond donors (Lipinski definition) is 15. The molecular formula is C36H52N10O19P2. The number of terminal acetylenes is 1. The summed E-state index contributed by atoms with van der Waals surface area (Å²) in [6.07, 6.45) is -0.0474. The summed E-state index contributed by atoms with van der Waals surface area (Å²) >= 11 is 0. The highest BCUT2D eigenvalue weighted by Crippen LogP contribution is 2.41. The van der Waals surface area contributed by atoms with Gasteiger partial charge >= 0.3 is 26.9 Å². The van der Waals surface area contributed by atoms with Gasteiger partial charge in [-0.25, -0.2) is 23.8 Å². The zero-order valence-corrected chi connectivity index (χ0v) is 37.2. The molecule has 0 radical (unpaired) electrons. The first-order valence-electron chi connectivity index (χ1n) is 19.6. The van der Waals surface area contributed by atoms with Crippen LogP contribution in [0.3, 0.4) is 0 Å². The van der Waals surface area contributed by atoms with Crippen molar-refractivity contribution in [3.8, 4) is 24.3 Å². The molecule has 2 aliphatic heterocycles. The van der Waals surface area contributed by atoms with Crippen molar-refractivity contribution >= 4 is 27.2 Å². The number of aliphatic hydroxyl groups excluding tert-OH is 6. The van der Waals surface area contributed by atoms with Gasteiger partial charge in [-0.1, -0.05) is 0 Å². The van der Waals surface area contributed by atoms with Gasteiger partial charge in [0, 0.05) is 60.1 Å². The number of pyridine rings is 2. The standard InChI is InChI=1S/C17H24N5O9P.C9H14N3O8P.C8H12N2O2.C2H2/c1-8-13(24)10(9(6-23)4-19-8)5-20-32(28,29)30-7-11-14(25)15(26)16(31-11)22-3-2-12(18)21-17(22)27;10-5-1-2-12(9(15)11-5)8-7(14)6(13)4(20-8)3-19-21(16,17)18;1-5-8(12)7(2-9)6(4-11)3-10-5;1-2/h2-4,11,14-16,23-26H,5-7H2,1H3,(H2,18,21,27)(H2,20,28,29);1-2,4,6-8,13-14H,3H2,(H2,10,11,15)(H2,16,17,18);3,11-12H,2,4,9H2,1H3;1-2H/i;;;1D. The molecule has 2 fully saturated rings. The van der Waals surface area contributed by atoms with E-state index in [1.54, 1.807) is 6.92 Å². The number of anilines is 2. The minimum absolute atomic E-state index is 0.0225. The molecule has 0 aromatic carbocycles. The quantitative estimate of drug-likeness (QED) is 0.0424. The summed E-state index contributed by atoms with van der Waals surface area (Å²) in [6.45, 7) is 1.24. The lowest BCUT2D eigenvalue weighted by Gasteiger charge is -2.19. The number of phosphoric acid groups is 1. The van der Waals surface area contributed by atoms with Gasteiger partial charge in [-0.05, 0) is 26.0 Å². The van der Waals surface area contributed by atoms with E-state index in [1.807, 2.05) is 0 Å². The molecule has 29 nitrogen and oxygen atoms in total. The van der Waals surface area contributed by atoms with Crippen LogP contribution in [0.4, 0.5) is 11.6 Å². The van der Waals surface area contributed by atoms with Crippen LogP contribution in [-0.2, 0) is 54.0 Å². The molecule has 67 heavy (non-hydrogen) atoms. The molecule has 6 rings (SSSR count). The first-order chi connectivity index (χ1) is 31.8. The van der Waals surface area contributed by atoms with E-state index in [0.717, 1.165) is 9.13 Å². The van der Waals surface area contributed by atoms with Gasteiger partial charge in [-0.2, -0.15) is 9.97 Å². The summed E-state index contributed by atoms with van der Waals surface area (Å²) in [7, 11) is -9.21. The van der Waals surface area contributed by atoms with E-state index >= 15 is 0 Å². The highest BCUT2D eigenvalue weighted by atomic mass is 31.2. The molecule has 9 unspecified atom stereocenters. The number of hydrogen-bond acceptors (Lipinski definition) is 23. The van der Waals surface area contributed by atoms with Crippen LogP contribution in [0.5, 0.6) is 11.5 Å². The average molecular weight is 992 g/mol.